The number of nitrogens with one attached hydrogen (secondary N) is 1. The molecule has 17 heavy (non-hydrogen) atoms. The van der Waals surface area contributed by atoms with Crippen LogP contribution in [0.2, 0.25) is 0 Å². The maximum atomic E-state index is 11.8. The Morgan fingerprint density at radius 1 is 1.29 bits per heavy atom. The van der Waals surface area contributed by atoms with Crippen molar-refractivity contribution in [2.75, 3.05) is 0 Å². The SMILES string of the molecule is O=C(O)c1ccc(C(=O)NC2CC=CCC2)s1. The van der Waals surface area contributed by atoms with Crippen LogP contribution in [0.4, 0.5) is 0 Å². The van der Waals surface area contributed by atoms with Gasteiger partial charge in [0, 0.05) is 6.04 Å². The van der Waals surface area contributed by atoms with Gasteiger partial charge in [0.05, 0.1) is 4.88 Å². The molecule has 2 rings (SSSR count). The van der Waals surface area contributed by atoms with Crippen LogP contribution < -0.4 is 5.32 Å². The summed E-state index contributed by atoms with van der Waals surface area (Å²) in [5.74, 6) is -1.17. The maximum absolute atomic E-state index is 11.8. The highest BCUT2D eigenvalue weighted by Crippen LogP contribution is 2.17. The summed E-state index contributed by atoms with van der Waals surface area (Å²) in [7, 11) is 0. The average Bonchev–Trinajstić information content (AvgIpc) is 2.79. The Bertz CT molecular complexity index is 464. The van der Waals surface area contributed by atoms with E-state index >= 15 is 0 Å². The number of hydrogen-bond acceptors (Lipinski definition) is 3. The molecule has 1 aliphatic rings. The van der Waals surface area contributed by atoms with Crippen LogP contribution in [0.1, 0.15) is 38.6 Å². The van der Waals surface area contributed by atoms with Crippen molar-refractivity contribution in [3.8, 4) is 0 Å². The Morgan fingerprint density at radius 2 is 2.06 bits per heavy atom. The zero-order valence-electron chi connectivity index (χ0n) is 9.18. The second kappa shape index (κ2) is 5.14. The molecular weight excluding hydrogens is 238 g/mol. The second-order valence-electron chi connectivity index (χ2n) is 3.92. The van der Waals surface area contributed by atoms with Gasteiger partial charge in [-0.15, -0.1) is 11.3 Å². The van der Waals surface area contributed by atoms with Gasteiger partial charge in [-0.3, -0.25) is 4.79 Å². The van der Waals surface area contributed by atoms with E-state index in [4.69, 9.17) is 5.11 Å². The monoisotopic (exact) mass is 251 g/mol. The number of allylic oxidation sites excluding steroid dienone is 1. The van der Waals surface area contributed by atoms with Gasteiger partial charge in [-0.25, -0.2) is 4.79 Å². The Balaban J connectivity index is 1.99. The van der Waals surface area contributed by atoms with E-state index < -0.39 is 5.97 Å². The molecule has 90 valence electrons. The number of amides is 1. The van der Waals surface area contributed by atoms with Crippen LogP contribution in [0.15, 0.2) is 24.3 Å². The lowest BCUT2D eigenvalue weighted by Gasteiger charge is -2.18. The van der Waals surface area contributed by atoms with Gasteiger partial charge in [-0.05, 0) is 31.4 Å². The molecule has 0 fully saturated rings. The zero-order valence-corrected chi connectivity index (χ0v) is 10.00. The second-order valence-corrected chi connectivity index (χ2v) is 5.01. The lowest BCUT2D eigenvalue weighted by Crippen LogP contribution is -2.34. The number of carboxylic acids is 1. The molecule has 1 amide bonds. The van der Waals surface area contributed by atoms with Gasteiger partial charge >= 0.3 is 5.97 Å². The summed E-state index contributed by atoms with van der Waals surface area (Å²) in [4.78, 5) is 23.2. The number of rotatable bonds is 3. The third-order valence-corrected chi connectivity index (χ3v) is 3.72. The van der Waals surface area contributed by atoms with Gasteiger partial charge < -0.3 is 10.4 Å². The third kappa shape index (κ3) is 2.94. The molecule has 1 aromatic rings. The number of carbonyl (C=O) groups is 2. The molecule has 4 nitrogen and oxygen atoms in total. The van der Waals surface area contributed by atoms with Crippen LogP contribution in [0.25, 0.3) is 0 Å². The number of hydrogen-bond donors (Lipinski definition) is 2. The molecule has 2 N–H and O–H groups in total. The van der Waals surface area contributed by atoms with E-state index in [1.165, 1.54) is 6.07 Å². The largest absolute Gasteiger partial charge is 0.477 e. The van der Waals surface area contributed by atoms with E-state index in [1.54, 1.807) is 6.07 Å². The van der Waals surface area contributed by atoms with Crippen LogP contribution in [0.3, 0.4) is 0 Å². The Hall–Kier alpha value is -1.62. The average molecular weight is 251 g/mol. The fourth-order valence-corrected chi connectivity index (χ4v) is 2.50. The molecule has 0 saturated heterocycles. The van der Waals surface area contributed by atoms with Crippen molar-refractivity contribution in [3.63, 3.8) is 0 Å². The van der Waals surface area contributed by atoms with Gasteiger partial charge in [-0.2, -0.15) is 0 Å². The van der Waals surface area contributed by atoms with E-state index in [1.807, 2.05) is 0 Å². The minimum absolute atomic E-state index is 0.169. The fraction of sp³-hybridized carbons (Fsp3) is 0.333. The summed E-state index contributed by atoms with van der Waals surface area (Å²) in [5, 5.41) is 11.7. The van der Waals surface area contributed by atoms with Crippen molar-refractivity contribution in [3.05, 3.63) is 34.0 Å². The lowest BCUT2D eigenvalue weighted by atomic mass is 10.0. The molecule has 0 aromatic carbocycles. The van der Waals surface area contributed by atoms with E-state index in [9.17, 15) is 9.59 Å². The van der Waals surface area contributed by atoms with Crippen LogP contribution in [0.5, 0.6) is 0 Å². The summed E-state index contributed by atoms with van der Waals surface area (Å²) >= 11 is 1.01. The van der Waals surface area contributed by atoms with E-state index in [-0.39, 0.29) is 16.8 Å². The topological polar surface area (TPSA) is 66.4 Å². The summed E-state index contributed by atoms with van der Waals surface area (Å²) in [6.45, 7) is 0. The van der Waals surface area contributed by atoms with Crippen molar-refractivity contribution in [2.24, 2.45) is 0 Å². The quantitative estimate of drug-likeness (QED) is 0.810. The van der Waals surface area contributed by atoms with E-state index in [0.29, 0.717) is 4.88 Å². The lowest BCUT2D eigenvalue weighted by molar-refractivity contribution is 0.0702. The van der Waals surface area contributed by atoms with Crippen LogP contribution in [-0.4, -0.2) is 23.0 Å². The first kappa shape index (κ1) is 11.9. The predicted molar refractivity (Wildman–Crippen MR) is 65.5 cm³/mol. The van der Waals surface area contributed by atoms with Crippen molar-refractivity contribution in [1.29, 1.82) is 0 Å². The van der Waals surface area contributed by atoms with Crippen LogP contribution in [-0.2, 0) is 0 Å². The number of thiophene rings is 1. The number of carbonyl (C=O) groups excluding carboxylic acids is 1. The number of aromatic carboxylic acids is 1. The molecular formula is C12H13NO3S. The fourth-order valence-electron chi connectivity index (χ4n) is 1.76. The van der Waals surface area contributed by atoms with E-state index in [0.717, 1.165) is 30.6 Å². The van der Waals surface area contributed by atoms with Crippen molar-refractivity contribution in [2.45, 2.75) is 25.3 Å². The molecule has 0 saturated carbocycles. The first-order valence-electron chi connectivity index (χ1n) is 5.46. The van der Waals surface area contributed by atoms with Gasteiger partial charge in [0.1, 0.15) is 4.88 Å². The van der Waals surface area contributed by atoms with Gasteiger partial charge in [0.15, 0.2) is 0 Å². The Kier molecular flexibility index (Phi) is 3.58. The van der Waals surface area contributed by atoms with Crippen LogP contribution in [0, 0.1) is 0 Å². The maximum Gasteiger partial charge on any atom is 0.345 e. The zero-order chi connectivity index (χ0) is 12.3. The smallest absolute Gasteiger partial charge is 0.345 e. The standard InChI is InChI=1S/C12H13NO3S/c14-11(13-8-4-2-1-3-5-8)9-6-7-10(17-9)12(15)16/h1-2,6-8H,3-5H2,(H,13,14)(H,15,16). The molecule has 1 aliphatic carbocycles. The highest BCUT2D eigenvalue weighted by atomic mass is 32.1. The molecule has 1 unspecified atom stereocenters. The molecule has 5 heteroatoms. The summed E-state index contributed by atoms with van der Waals surface area (Å²) in [5.41, 5.74) is 0. The molecule has 0 spiro atoms. The highest BCUT2D eigenvalue weighted by molar-refractivity contribution is 7.15. The molecule has 0 aliphatic heterocycles. The van der Waals surface area contributed by atoms with Crippen molar-refractivity contribution < 1.29 is 14.7 Å². The molecule has 1 atom stereocenters. The molecule has 0 radical (unpaired) electrons. The Morgan fingerprint density at radius 3 is 2.65 bits per heavy atom. The normalized spacial score (nSPS) is 18.9. The van der Waals surface area contributed by atoms with Gasteiger partial charge in [0.2, 0.25) is 0 Å². The molecule has 0 bridgehead atoms. The Labute approximate surface area is 103 Å². The summed E-state index contributed by atoms with van der Waals surface area (Å²) in [6.07, 6.45) is 6.94. The minimum Gasteiger partial charge on any atom is -0.477 e. The van der Waals surface area contributed by atoms with E-state index in [2.05, 4.69) is 17.5 Å². The molecule has 1 aromatic heterocycles. The van der Waals surface area contributed by atoms with Crippen molar-refractivity contribution >= 4 is 23.2 Å². The third-order valence-electron chi connectivity index (χ3n) is 2.64. The summed E-state index contributed by atoms with van der Waals surface area (Å²) < 4.78 is 0. The first-order chi connectivity index (χ1) is 8.16. The molecule has 1 heterocycles. The van der Waals surface area contributed by atoms with Crippen molar-refractivity contribution in [1.82, 2.24) is 5.32 Å². The first-order valence-corrected chi connectivity index (χ1v) is 6.27. The van der Waals surface area contributed by atoms with Gasteiger partial charge in [0.25, 0.3) is 5.91 Å². The van der Waals surface area contributed by atoms with Gasteiger partial charge in [-0.1, -0.05) is 12.2 Å². The number of carboxylic acid groups (broad SMARTS) is 1. The predicted octanol–water partition coefficient (Wildman–Crippen LogP) is 2.28. The van der Waals surface area contributed by atoms with Crippen LogP contribution >= 0.6 is 11.3 Å². The summed E-state index contributed by atoms with van der Waals surface area (Å²) in [6, 6.07) is 3.19. The minimum atomic E-state index is -0.991. The highest BCUT2D eigenvalue weighted by Gasteiger charge is 2.17.